The van der Waals surface area contributed by atoms with E-state index in [1.54, 1.807) is 11.8 Å². The zero-order chi connectivity index (χ0) is 15.3. The van der Waals surface area contributed by atoms with Crippen molar-refractivity contribution in [2.24, 2.45) is 11.8 Å². The molecule has 1 saturated heterocycles. The summed E-state index contributed by atoms with van der Waals surface area (Å²) in [5.41, 5.74) is 1.36. The van der Waals surface area contributed by atoms with Crippen molar-refractivity contribution >= 4 is 11.9 Å². The smallest absolute Gasteiger partial charge is 0.326 e. The molecule has 2 fully saturated rings. The fourth-order valence-electron chi connectivity index (χ4n) is 4.08. The molecule has 2 aliphatic rings. The molecule has 0 bridgehead atoms. The number of amides is 1. The Morgan fingerprint density at radius 1 is 1.19 bits per heavy atom. The maximum Gasteiger partial charge on any atom is 0.326 e. The van der Waals surface area contributed by atoms with Gasteiger partial charge in [-0.05, 0) is 45.4 Å². The van der Waals surface area contributed by atoms with Crippen LogP contribution in [-0.4, -0.2) is 34.5 Å². The standard InChI is InChI=1S/C16H21NO4/c1-8-9(2)21-10(3)13(8)15(18)17-7-11-5-4-6-12(11)14(17)16(19)20/h11-12,14H,4-7H2,1-3H3,(H,19,20). The van der Waals surface area contributed by atoms with E-state index in [0.717, 1.165) is 30.6 Å². The van der Waals surface area contributed by atoms with Gasteiger partial charge in [0, 0.05) is 12.1 Å². The van der Waals surface area contributed by atoms with Crippen molar-refractivity contribution in [2.45, 2.75) is 46.1 Å². The summed E-state index contributed by atoms with van der Waals surface area (Å²) < 4.78 is 5.52. The van der Waals surface area contributed by atoms with Gasteiger partial charge in [0.1, 0.15) is 17.6 Å². The molecule has 2 heterocycles. The van der Waals surface area contributed by atoms with Crippen molar-refractivity contribution in [2.75, 3.05) is 6.54 Å². The van der Waals surface area contributed by atoms with Crippen LogP contribution in [0.5, 0.6) is 0 Å². The van der Waals surface area contributed by atoms with Gasteiger partial charge in [-0.25, -0.2) is 4.79 Å². The second-order valence-corrected chi connectivity index (χ2v) is 6.31. The number of nitrogens with zero attached hydrogens (tertiary/aromatic N) is 1. The van der Waals surface area contributed by atoms with Crippen molar-refractivity contribution in [1.82, 2.24) is 4.90 Å². The minimum absolute atomic E-state index is 0.111. The van der Waals surface area contributed by atoms with Gasteiger partial charge in [-0.1, -0.05) is 6.42 Å². The third kappa shape index (κ3) is 2.06. The molecule has 1 N–H and O–H groups in total. The first-order valence-electron chi connectivity index (χ1n) is 7.52. The van der Waals surface area contributed by atoms with Crippen LogP contribution in [0.4, 0.5) is 0 Å². The van der Waals surface area contributed by atoms with Gasteiger partial charge in [-0.2, -0.15) is 0 Å². The molecule has 21 heavy (non-hydrogen) atoms. The first-order valence-corrected chi connectivity index (χ1v) is 7.52. The molecule has 3 unspecified atom stereocenters. The van der Waals surface area contributed by atoms with E-state index in [-0.39, 0.29) is 11.8 Å². The van der Waals surface area contributed by atoms with Crippen LogP contribution in [0.2, 0.25) is 0 Å². The quantitative estimate of drug-likeness (QED) is 0.909. The summed E-state index contributed by atoms with van der Waals surface area (Å²) >= 11 is 0. The van der Waals surface area contributed by atoms with E-state index in [1.807, 2.05) is 13.8 Å². The molecule has 1 aliphatic carbocycles. The lowest BCUT2D eigenvalue weighted by Crippen LogP contribution is -2.43. The average molecular weight is 291 g/mol. The second kappa shape index (κ2) is 4.90. The molecule has 3 atom stereocenters. The summed E-state index contributed by atoms with van der Waals surface area (Å²) in [4.78, 5) is 26.1. The largest absolute Gasteiger partial charge is 0.480 e. The molecule has 5 nitrogen and oxygen atoms in total. The molecule has 0 spiro atoms. The van der Waals surface area contributed by atoms with Crippen LogP contribution in [-0.2, 0) is 4.79 Å². The number of rotatable bonds is 2. The molecule has 1 aromatic rings. The predicted octanol–water partition coefficient (Wildman–Crippen LogP) is 2.53. The topological polar surface area (TPSA) is 70.8 Å². The summed E-state index contributed by atoms with van der Waals surface area (Å²) in [5, 5.41) is 9.55. The van der Waals surface area contributed by atoms with Crippen molar-refractivity contribution in [3.63, 3.8) is 0 Å². The van der Waals surface area contributed by atoms with Crippen molar-refractivity contribution < 1.29 is 19.1 Å². The van der Waals surface area contributed by atoms with Crippen LogP contribution in [0.3, 0.4) is 0 Å². The highest BCUT2D eigenvalue weighted by atomic mass is 16.4. The van der Waals surface area contributed by atoms with E-state index < -0.39 is 12.0 Å². The average Bonchev–Trinajstić information content (AvgIpc) is 3.02. The zero-order valence-corrected chi connectivity index (χ0v) is 12.7. The number of hydrogen-bond acceptors (Lipinski definition) is 3. The number of carbonyl (C=O) groups excluding carboxylic acids is 1. The monoisotopic (exact) mass is 291 g/mol. The first kappa shape index (κ1) is 14.2. The minimum atomic E-state index is -0.881. The second-order valence-electron chi connectivity index (χ2n) is 6.31. The minimum Gasteiger partial charge on any atom is -0.480 e. The van der Waals surface area contributed by atoms with E-state index in [1.165, 1.54) is 0 Å². The van der Waals surface area contributed by atoms with Gasteiger partial charge in [0.2, 0.25) is 0 Å². The summed E-state index contributed by atoms with van der Waals surface area (Å²) in [6, 6.07) is -0.681. The zero-order valence-electron chi connectivity index (χ0n) is 12.7. The predicted molar refractivity (Wildman–Crippen MR) is 76.2 cm³/mol. The van der Waals surface area contributed by atoms with Gasteiger partial charge in [-0.3, -0.25) is 4.79 Å². The van der Waals surface area contributed by atoms with Crippen LogP contribution in [0.1, 0.15) is 46.7 Å². The normalized spacial score (nSPS) is 28.0. The third-order valence-electron chi connectivity index (χ3n) is 5.18. The van der Waals surface area contributed by atoms with Gasteiger partial charge in [0.05, 0.1) is 5.56 Å². The molecule has 114 valence electrons. The van der Waals surface area contributed by atoms with Crippen molar-refractivity contribution in [1.29, 1.82) is 0 Å². The van der Waals surface area contributed by atoms with Gasteiger partial charge in [-0.15, -0.1) is 0 Å². The van der Waals surface area contributed by atoms with E-state index in [0.29, 0.717) is 23.8 Å². The highest BCUT2D eigenvalue weighted by Crippen LogP contribution is 2.43. The van der Waals surface area contributed by atoms with Crippen LogP contribution in [0.25, 0.3) is 0 Å². The fraction of sp³-hybridized carbons (Fsp3) is 0.625. The number of hydrogen-bond donors (Lipinski definition) is 1. The summed E-state index contributed by atoms with van der Waals surface area (Å²) in [6.07, 6.45) is 3.01. The van der Waals surface area contributed by atoms with Gasteiger partial charge >= 0.3 is 5.97 Å². The highest BCUT2D eigenvalue weighted by molar-refractivity contribution is 5.99. The number of fused-ring (bicyclic) bond motifs is 1. The number of carbonyl (C=O) groups is 2. The lowest BCUT2D eigenvalue weighted by atomic mass is 9.94. The van der Waals surface area contributed by atoms with E-state index in [4.69, 9.17) is 4.42 Å². The number of likely N-dealkylation sites (tertiary alicyclic amines) is 1. The summed E-state index contributed by atoms with van der Waals surface area (Å²) in [6.45, 7) is 6.00. The van der Waals surface area contributed by atoms with Gasteiger partial charge in [0.25, 0.3) is 5.91 Å². The molecular formula is C16H21NO4. The van der Waals surface area contributed by atoms with Gasteiger partial charge in [0.15, 0.2) is 0 Å². The Morgan fingerprint density at radius 3 is 2.48 bits per heavy atom. The molecule has 1 aliphatic heterocycles. The van der Waals surface area contributed by atoms with Crippen molar-refractivity contribution in [3.05, 3.63) is 22.6 Å². The number of carboxylic acid groups (broad SMARTS) is 1. The first-order chi connectivity index (χ1) is 9.91. The summed E-state index contributed by atoms with van der Waals surface area (Å²) in [7, 11) is 0. The number of aryl methyl sites for hydroxylation is 2. The molecule has 1 amide bonds. The molecule has 0 radical (unpaired) electrons. The van der Waals surface area contributed by atoms with Crippen molar-refractivity contribution in [3.8, 4) is 0 Å². The van der Waals surface area contributed by atoms with Crippen LogP contribution in [0.15, 0.2) is 4.42 Å². The Balaban J connectivity index is 1.95. The maximum absolute atomic E-state index is 12.9. The van der Waals surface area contributed by atoms with Gasteiger partial charge < -0.3 is 14.4 Å². The van der Waals surface area contributed by atoms with E-state index in [2.05, 4.69) is 0 Å². The Hall–Kier alpha value is -1.78. The third-order valence-corrected chi connectivity index (χ3v) is 5.18. The Bertz CT molecular complexity index is 604. The van der Waals surface area contributed by atoms with Crippen LogP contribution >= 0.6 is 0 Å². The number of carboxylic acids is 1. The number of aliphatic carboxylic acids is 1. The van der Waals surface area contributed by atoms with Crippen LogP contribution < -0.4 is 0 Å². The molecule has 5 heteroatoms. The molecule has 1 saturated carbocycles. The maximum atomic E-state index is 12.9. The summed E-state index contributed by atoms with van der Waals surface area (Å²) in [5.74, 6) is 0.680. The lowest BCUT2D eigenvalue weighted by Gasteiger charge is -2.24. The highest BCUT2D eigenvalue weighted by Gasteiger charge is 2.50. The SMILES string of the molecule is Cc1oc(C)c(C(=O)N2CC3CCCC3C2C(=O)O)c1C. The number of furan rings is 1. The van der Waals surface area contributed by atoms with E-state index >= 15 is 0 Å². The Labute approximate surface area is 123 Å². The molecule has 0 aromatic carbocycles. The fourth-order valence-corrected chi connectivity index (χ4v) is 4.08. The van der Waals surface area contributed by atoms with E-state index in [9.17, 15) is 14.7 Å². The Morgan fingerprint density at radius 2 is 1.90 bits per heavy atom. The Kier molecular flexibility index (Phi) is 3.30. The molecule has 3 rings (SSSR count). The lowest BCUT2D eigenvalue weighted by molar-refractivity contribution is -0.142. The van der Waals surface area contributed by atoms with Crippen LogP contribution in [0, 0.1) is 32.6 Å². The molecule has 1 aromatic heterocycles. The molecular weight excluding hydrogens is 270 g/mol.